The van der Waals surface area contributed by atoms with Gasteiger partial charge in [0.05, 0.1) is 32.0 Å². The summed E-state index contributed by atoms with van der Waals surface area (Å²) in [5, 5.41) is 0. The van der Waals surface area contributed by atoms with Crippen LogP contribution in [0.5, 0.6) is 0 Å². The molecule has 1 atom stereocenters. The maximum absolute atomic E-state index is 11.9. The molecule has 0 fully saturated rings. The molecule has 0 bridgehead atoms. The Kier molecular flexibility index (Phi) is 3.97. The first-order valence-electron chi connectivity index (χ1n) is 5.75. The second-order valence-corrected chi connectivity index (χ2v) is 3.98. The summed E-state index contributed by atoms with van der Waals surface area (Å²) in [5.74, 6) is -1.15. The molecule has 1 aliphatic rings. The van der Waals surface area contributed by atoms with E-state index in [2.05, 4.69) is 4.74 Å². The minimum atomic E-state index is -0.595. The van der Waals surface area contributed by atoms with Crippen LogP contribution in [-0.4, -0.2) is 32.8 Å². The molecule has 0 saturated carbocycles. The summed E-state index contributed by atoms with van der Waals surface area (Å²) in [5.41, 5.74) is 1.21. The first kappa shape index (κ1) is 13.3. The van der Waals surface area contributed by atoms with E-state index in [9.17, 15) is 9.59 Å². The Labute approximate surface area is 110 Å². The Morgan fingerprint density at radius 1 is 1.11 bits per heavy atom. The van der Waals surface area contributed by atoms with Crippen LogP contribution >= 0.6 is 0 Å². The third-order valence-electron chi connectivity index (χ3n) is 2.92. The van der Waals surface area contributed by atoms with Crippen molar-refractivity contribution in [3.63, 3.8) is 0 Å². The van der Waals surface area contributed by atoms with Gasteiger partial charge >= 0.3 is 11.9 Å². The van der Waals surface area contributed by atoms with Gasteiger partial charge in [-0.3, -0.25) is 0 Å². The van der Waals surface area contributed by atoms with E-state index in [-0.39, 0.29) is 17.8 Å². The molecule has 100 valence electrons. The van der Waals surface area contributed by atoms with Gasteiger partial charge in [-0.05, 0) is 5.56 Å². The number of carbonyl (C=O) groups is 2. The number of carbonyl (C=O) groups excluding carboxylic acids is 2. The molecule has 19 heavy (non-hydrogen) atoms. The quantitative estimate of drug-likeness (QED) is 0.770. The van der Waals surface area contributed by atoms with Gasteiger partial charge in [0, 0.05) is 0 Å². The Morgan fingerprint density at radius 3 is 2.32 bits per heavy atom. The molecule has 1 heterocycles. The van der Waals surface area contributed by atoms with E-state index >= 15 is 0 Å². The van der Waals surface area contributed by atoms with E-state index in [0.717, 1.165) is 5.56 Å². The van der Waals surface area contributed by atoms with Crippen LogP contribution in [-0.2, 0) is 23.8 Å². The Morgan fingerprint density at radius 2 is 1.74 bits per heavy atom. The molecule has 0 aromatic heterocycles. The van der Waals surface area contributed by atoms with Gasteiger partial charge in [0.15, 0.2) is 0 Å². The fourth-order valence-corrected chi connectivity index (χ4v) is 2.01. The number of benzene rings is 1. The number of esters is 2. The Hall–Kier alpha value is -2.14. The van der Waals surface area contributed by atoms with E-state index in [4.69, 9.17) is 9.47 Å². The molecule has 1 aliphatic heterocycles. The van der Waals surface area contributed by atoms with Crippen molar-refractivity contribution in [2.24, 2.45) is 0 Å². The molecular weight excluding hydrogens is 248 g/mol. The number of hydrogen-bond donors (Lipinski definition) is 0. The molecule has 5 nitrogen and oxygen atoms in total. The zero-order valence-electron chi connectivity index (χ0n) is 10.7. The summed E-state index contributed by atoms with van der Waals surface area (Å²) in [4.78, 5) is 23.5. The van der Waals surface area contributed by atoms with Gasteiger partial charge in [0.25, 0.3) is 0 Å². The lowest BCUT2D eigenvalue weighted by Crippen LogP contribution is -2.15. The Balaban J connectivity index is 2.44. The van der Waals surface area contributed by atoms with Crippen molar-refractivity contribution in [1.82, 2.24) is 0 Å². The second-order valence-electron chi connectivity index (χ2n) is 3.98. The van der Waals surface area contributed by atoms with Gasteiger partial charge in [-0.25, -0.2) is 9.59 Å². The summed E-state index contributed by atoms with van der Waals surface area (Å²) in [7, 11) is 2.53. The van der Waals surface area contributed by atoms with E-state index in [1.54, 1.807) is 0 Å². The highest BCUT2D eigenvalue weighted by atomic mass is 16.5. The van der Waals surface area contributed by atoms with Crippen LogP contribution in [0.2, 0.25) is 0 Å². The first-order valence-corrected chi connectivity index (χ1v) is 5.75. The molecule has 1 aromatic rings. The molecule has 2 rings (SSSR count). The Bertz CT molecular complexity index is 518. The lowest BCUT2D eigenvalue weighted by atomic mass is 9.99. The smallest absolute Gasteiger partial charge is 0.337 e. The molecule has 0 amide bonds. The lowest BCUT2D eigenvalue weighted by molar-refractivity contribution is -0.139. The zero-order valence-corrected chi connectivity index (χ0v) is 10.7. The van der Waals surface area contributed by atoms with Crippen LogP contribution in [0.3, 0.4) is 0 Å². The molecule has 0 saturated heterocycles. The van der Waals surface area contributed by atoms with Crippen LogP contribution in [0.15, 0.2) is 41.5 Å². The average Bonchev–Trinajstić information content (AvgIpc) is 2.91. The van der Waals surface area contributed by atoms with Crippen LogP contribution in [0, 0.1) is 0 Å². The number of rotatable bonds is 3. The topological polar surface area (TPSA) is 61.8 Å². The van der Waals surface area contributed by atoms with Crippen molar-refractivity contribution in [3.05, 3.63) is 47.0 Å². The fourth-order valence-electron chi connectivity index (χ4n) is 2.01. The van der Waals surface area contributed by atoms with Gasteiger partial charge < -0.3 is 14.2 Å². The van der Waals surface area contributed by atoms with Crippen molar-refractivity contribution < 1.29 is 23.8 Å². The molecule has 0 radical (unpaired) electrons. The van der Waals surface area contributed by atoms with Crippen molar-refractivity contribution in [2.45, 2.75) is 6.10 Å². The highest BCUT2D eigenvalue weighted by Crippen LogP contribution is 2.35. The monoisotopic (exact) mass is 262 g/mol. The van der Waals surface area contributed by atoms with Crippen molar-refractivity contribution >= 4 is 11.9 Å². The van der Waals surface area contributed by atoms with Crippen molar-refractivity contribution in [2.75, 3.05) is 20.8 Å². The van der Waals surface area contributed by atoms with E-state index < -0.39 is 18.0 Å². The number of hydrogen-bond acceptors (Lipinski definition) is 5. The molecule has 1 unspecified atom stereocenters. The lowest BCUT2D eigenvalue weighted by Gasteiger charge is -2.13. The molecular formula is C14H14O5. The van der Waals surface area contributed by atoms with E-state index in [1.807, 2.05) is 30.3 Å². The van der Waals surface area contributed by atoms with Crippen LogP contribution in [0.1, 0.15) is 11.7 Å². The van der Waals surface area contributed by atoms with Crippen LogP contribution in [0.4, 0.5) is 0 Å². The maximum atomic E-state index is 11.9. The first-order chi connectivity index (χ1) is 9.19. The highest BCUT2D eigenvalue weighted by Gasteiger charge is 2.36. The van der Waals surface area contributed by atoms with Crippen LogP contribution in [0.25, 0.3) is 0 Å². The molecule has 0 aliphatic carbocycles. The fraction of sp³-hybridized carbons (Fsp3) is 0.286. The second kappa shape index (κ2) is 5.67. The normalized spacial score (nSPS) is 18.3. The van der Waals surface area contributed by atoms with Crippen molar-refractivity contribution in [1.29, 1.82) is 0 Å². The van der Waals surface area contributed by atoms with Crippen LogP contribution < -0.4 is 0 Å². The number of ether oxygens (including phenoxy) is 3. The predicted octanol–water partition coefficient (Wildman–Crippen LogP) is 1.40. The SMILES string of the molecule is COC(=O)C1=C(C(=O)OC)C(c2ccccc2)OC1. The van der Waals surface area contributed by atoms with Gasteiger partial charge in [0.1, 0.15) is 6.10 Å². The average molecular weight is 262 g/mol. The van der Waals surface area contributed by atoms with Crippen molar-refractivity contribution in [3.8, 4) is 0 Å². The third kappa shape index (κ3) is 2.51. The predicted molar refractivity (Wildman–Crippen MR) is 66.2 cm³/mol. The summed E-state index contributed by atoms with van der Waals surface area (Å²) < 4.78 is 14.9. The van der Waals surface area contributed by atoms with Gasteiger partial charge in [-0.15, -0.1) is 0 Å². The summed E-state index contributed by atoms with van der Waals surface area (Å²) >= 11 is 0. The zero-order chi connectivity index (χ0) is 13.8. The maximum Gasteiger partial charge on any atom is 0.337 e. The van der Waals surface area contributed by atoms with E-state index in [1.165, 1.54) is 14.2 Å². The van der Waals surface area contributed by atoms with E-state index in [0.29, 0.717) is 0 Å². The molecule has 5 heteroatoms. The summed E-state index contributed by atoms with van der Waals surface area (Å²) in [6.07, 6.45) is -0.595. The van der Waals surface area contributed by atoms with Gasteiger partial charge in [-0.1, -0.05) is 30.3 Å². The largest absolute Gasteiger partial charge is 0.466 e. The van der Waals surface area contributed by atoms with Gasteiger partial charge in [0.2, 0.25) is 0 Å². The summed E-state index contributed by atoms with van der Waals surface area (Å²) in [6.45, 7) is 0.0384. The highest BCUT2D eigenvalue weighted by molar-refractivity contribution is 6.02. The number of methoxy groups -OCH3 is 2. The summed E-state index contributed by atoms with van der Waals surface area (Å²) in [6, 6.07) is 9.19. The minimum Gasteiger partial charge on any atom is -0.466 e. The minimum absolute atomic E-state index is 0.0384. The molecule has 0 spiro atoms. The molecule has 0 N–H and O–H groups in total. The van der Waals surface area contributed by atoms with Gasteiger partial charge in [-0.2, -0.15) is 0 Å². The third-order valence-corrected chi connectivity index (χ3v) is 2.92. The standard InChI is InChI=1S/C14H14O5/c1-17-13(15)10-8-19-12(11(10)14(16)18-2)9-6-4-3-5-7-9/h3-7,12H,8H2,1-2H3. The molecule has 1 aromatic carbocycles.